The fourth-order valence-electron chi connectivity index (χ4n) is 1.28. The number of halogens is 4. The molecular weight excluding hydrogens is 255 g/mol. The summed E-state index contributed by atoms with van der Waals surface area (Å²) in [5, 5.41) is 9.81. The zero-order valence-electron chi connectivity index (χ0n) is 9.64. The van der Waals surface area contributed by atoms with E-state index in [0.717, 1.165) is 12.1 Å². The summed E-state index contributed by atoms with van der Waals surface area (Å²) < 4.78 is 37.1. The van der Waals surface area contributed by atoms with Gasteiger partial charge in [0.05, 0.1) is 5.60 Å². The van der Waals surface area contributed by atoms with Gasteiger partial charge in [-0.25, -0.2) is 4.98 Å². The van der Waals surface area contributed by atoms with E-state index in [2.05, 4.69) is 4.98 Å². The SMILES string of the molecule is CC(C)C(C)(O)c1ccc(C(F)(F)F)nc1Cl. The van der Waals surface area contributed by atoms with Crippen LogP contribution >= 0.6 is 11.6 Å². The number of pyridine rings is 1. The predicted octanol–water partition coefficient (Wildman–Crippen LogP) is 3.62. The van der Waals surface area contributed by atoms with Crippen LogP contribution in [0.2, 0.25) is 5.15 Å². The normalized spacial score (nSPS) is 16.1. The Labute approximate surface area is 102 Å². The molecule has 0 radical (unpaired) electrons. The molecule has 0 aliphatic rings. The quantitative estimate of drug-likeness (QED) is 0.830. The number of hydrogen-bond donors (Lipinski definition) is 1. The lowest BCUT2D eigenvalue weighted by Crippen LogP contribution is -2.29. The van der Waals surface area contributed by atoms with Crippen molar-refractivity contribution in [3.8, 4) is 0 Å². The molecule has 1 aromatic rings. The number of aliphatic hydroxyl groups is 1. The Hall–Kier alpha value is -0.810. The average molecular weight is 268 g/mol. The Bertz CT molecular complexity index is 416. The van der Waals surface area contributed by atoms with E-state index in [1.165, 1.54) is 6.92 Å². The molecular formula is C11H13ClF3NO. The molecule has 2 nitrogen and oxygen atoms in total. The van der Waals surface area contributed by atoms with Crippen molar-refractivity contribution in [3.63, 3.8) is 0 Å². The van der Waals surface area contributed by atoms with Crippen molar-refractivity contribution in [1.82, 2.24) is 4.98 Å². The van der Waals surface area contributed by atoms with E-state index in [0.29, 0.717) is 0 Å². The first kappa shape index (κ1) is 14.3. The van der Waals surface area contributed by atoms with Gasteiger partial charge in [0.15, 0.2) is 0 Å². The second kappa shape index (κ2) is 4.46. The summed E-state index contributed by atoms with van der Waals surface area (Å²) >= 11 is 5.69. The molecule has 1 atom stereocenters. The van der Waals surface area contributed by atoms with Gasteiger partial charge in [0, 0.05) is 5.56 Å². The summed E-state index contributed by atoms with van der Waals surface area (Å²) in [5.41, 5.74) is -2.18. The summed E-state index contributed by atoms with van der Waals surface area (Å²) in [6.07, 6.45) is -4.54. The Morgan fingerprint density at radius 3 is 2.18 bits per heavy atom. The molecule has 0 aromatic carbocycles. The highest BCUT2D eigenvalue weighted by Gasteiger charge is 2.35. The number of rotatable bonds is 2. The molecule has 1 rings (SSSR count). The molecule has 1 N–H and O–H groups in total. The van der Waals surface area contributed by atoms with Gasteiger partial charge in [0.2, 0.25) is 0 Å². The molecule has 0 fully saturated rings. The molecule has 1 heterocycles. The van der Waals surface area contributed by atoms with Crippen LogP contribution in [0.4, 0.5) is 13.2 Å². The maximum Gasteiger partial charge on any atom is 0.433 e. The first-order chi connectivity index (χ1) is 7.56. The van der Waals surface area contributed by atoms with Gasteiger partial charge in [-0.2, -0.15) is 13.2 Å². The Morgan fingerprint density at radius 1 is 1.29 bits per heavy atom. The zero-order valence-corrected chi connectivity index (χ0v) is 10.4. The summed E-state index contributed by atoms with van der Waals surface area (Å²) in [7, 11) is 0. The summed E-state index contributed by atoms with van der Waals surface area (Å²) in [6, 6.07) is 1.98. The third kappa shape index (κ3) is 2.90. The fraction of sp³-hybridized carbons (Fsp3) is 0.545. The third-order valence-electron chi connectivity index (χ3n) is 2.81. The van der Waals surface area contributed by atoms with Crippen molar-refractivity contribution in [2.75, 3.05) is 0 Å². The van der Waals surface area contributed by atoms with Crippen molar-refractivity contribution >= 4 is 11.6 Å². The molecule has 96 valence electrons. The first-order valence-electron chi connectivity index (χ1n) is 5.03. The smallest absolute Gasteiger partial charge is 0.385 e. The van der Waals surface area contributed by atoms with Gasteiger partial charge in [0.25, 0.3) is 0 Å². The number of nitrogens with zero attached hydrogens (tertiary/aromatic N) is 1. The molecule has 1 unspecified atom stereocenters. The van der Waals surface area contributed by atoms with E-state index >= 15 is 0 Å². The number of alkyl halides is 3. The van der Waals surface area contributed by atoms with Crippen molar-refractivity contribution in [2.45, 2.75) is 32.5 Å². The maximum atomic E-state index is 12.4. The highest BCUT2D eigenvalue weighted by Crippen LogP contribution is 2.35. The monoisotopic (exact) mass is 267 g/mol. The molecule has 0 spiro atoms. The predicted molar refractivity (Wildman–Crippen MR) is 58.7 cm³/mol. The minimum atomic E-state index is -4.54. The lowest BCUT2D eigenvalue weighted by molar-refractivity contribution is -0.141. The molecule has 0 aliphatic heterocycles. The van der Waals surface area contributed by atoms with Crippen molar-refractivity contribution < 1.29 is 18.3 Å². The van der Waals surface area contributed by atoms with E-state index in [9.17, 15) is 18.3 Å². The zero-order chi connectivity index (χ0) is 13.4. The van der Waals surface area contributed by atoms with Gasteiger partial charge in [0.1, 0.15) is 10.8 Å². The molecule has 0 saturated carbocycles. The van der Waals surface area contributed by atoms with Crippen molar-refractivity contribution in [3.05, 3.63) is 28.5 Å². The topological polar surface area (TPSA) is 33.1 Å². The molecule has 1 aromatic heterocycles. The molecule has 0 bridgehead atoms. The number of aromatic nitrogens is 1. The van der Waals surface area contributed by atoms with Crippen LogP contribution in [0.25, 0.3) is 0 Å². The molecule has 0 aliphatic carbocycles. The van der Waals surface area contributed by atoms with Crippen molar-refractivity contribution in [2.24, 2.45) is 5.92 Å². The minimum Gasteiger partial charge on any atom is -0.385 e. The van der Waals surface area contributed by atoms with Gasteiger partial charge < -0.3 is 5.11 Å². The van der Waals surface area contributed by atoms with E-state index in [1.54, 1.807) is 13.8 Å². The van der Waals surface area contributed by atoms with Crippen LogP contribution in [0.3, 0.4) is 0 Å². The summed E-state index contributed by atoms with van der Waals surface area (Å²) in [6.45, 7) is 4.98. The Balaban J connectivity index is 3.24. The van der Waals surface area contributed by atoms with Crippen molar-refractivity contribution in [1.29, 1.82) is 0 Å². The second-order valence-corrected chi connectivity index (χ2v) is 4.69. The van der Waals surface area contributed by atoms with Crippen LogP contribution in [0.5, 0.6) is 0 Å². The lowest BCUT2D eigenvalue weighted by atomic mass is 9.86. The van der Waals surface area contributed by atoms with Gasteiger partial charge in [-0.05, 0) is 18.9 Å². The number of hydrogen-bond acceptors (Lipinski definition) is 2. The van der Waals surface area contributed by atoms with Gasteiger partial charge in [-0.15, -0.1) is 0 Å². The lowest BCUT2D eigenvalue weighted by Gasteiger charge is -2.28. The summed E-state index contributed by atoms with van der Waals surface area (Å²) in [4.78, 5) is 3.27. The Morgan fingerprint density at radius 2 is 1.82 bits per heavy atom. The molecule has 0 saturated heterocycles. The average Bonchev–Trinajstić information content (AvgIpc) is 2.15. The van der Waals surface area contributed by atoms with Crippen LogP contribution in [-0.2, 0) is 11.8 Å². The first-order valence-corrected chi connectivity index (χ1v) is 5.41. The largest absolute Gasteiger partial charge is 0.433 e. The second-order valence-electron chi connectivity index (χ2n) is 4.33. The van der Waals surface area contributed by atoms with Crippen LogP contribution in [0.1, 0.15) is 32.0 Å². The van der Waals surface area contributed by atoms with E-state index in [1.807, 2.05) is 0 Å². The highest BCUT2D eigenvalue weighted by molar-refractivity contribution is 6.30. The maximum absolute atomic E-state index is 12.4. The summed E-state index contributed by atoms with van der Waals surface area (Å²) in [5.74, 6) is -0.196. The minimum absolute atomic E-state index is 0.196. The molecule has 17 heavy (non-hydrogen) atoms. The van der Waals surface area contributed by atoms with Crippen LogP contribution in [0.15, 0.2) is 12.1 Å². The molecule has 6 heteroatoms. The Kier molecular flexibility index (Phi) is 3.74. The van der Waals surface area contributed by atoms with Crippen LogP contribution in [0, 0.1) is 5.92 Å². The van der Waals surface area contributed by atoms with E-state index in [-0.39, 0.29) is 16.6 Å². The van der Waals surface area contributed by atoms with Crippen LogP contribution < -0.4 is 0 Å². The van der Waals surface area contributed by atoms with E-state index < -0.39 is 17.5 Å². The standard InChI is InChI=1S/C11H13ClF3NO/c1-6(2)10(3,17)7-4-5-8(11(13,14)15)16-9(7)12/h4-6,17H,1-3H3. The van der Waals surface area contributed by atoms with Crippen LogP contribution in [-0.4, -0.2) is 10.1 Å². The fourth-order valence-corrected chi connectivity index (χ4v) is 1.63. The molecule has 0 amide bonds. The van der Waals surface area contributed by atoms with Gasteiger partial charge in [-0.3, -0.25) is 0 Å². The third-order valence-corrected chi connectivity index (χ3v) is 3.10. The highest BCUT2D eigenvalue weighted by atomic mass is 35.5. The van der Waals surface area contributed by atoms with Gasteiger partial charge >= 0.3 is 6.18 Å². The van der Waals surface area contributed by atoms with E-state index in [4.69, 9.17) is 11.6 Å². The van der Waals surface area contributed by atoms with Gasteiger partial charge in [-0.1, -0.05) is 31.5 Å².